The van der Waals surface area contributed by atoms with Gasteiger partial charge < -0.3 is 14.5 Å². The molecule has 7 heteroatoms. The molecule has 1 aromatic heterocycles. The predicted octanol–water partition coefficient (Wildman–Crippen LogP) is 2.89. The molecule has 0 radical (unpaired) electrons. The Morgan fingerprint density at radius 1 is 1.17 bits per heavy atom. The molecule has 0 spiro atoms. The SMILES string of the molecule is O=C(COc1ccccc1F)Nc1ccc(-c2nnco2)cc1. The lowest BCUT2D eigenvalue weighted by atomic mass is 10.2. The topological polar surface area (TPSA) is 77.2 Å². The summed E-state index contributed by atoms with van der Waals surface area (Å²) in [6, 6.07) is 12.8. The van der Waals surface area contributed by atoms with Gasteiger partial charge in [-0.25, -0.2) is 4.39 Å². The van der Waals surface area contributed by atoms with E-state index in [2.05, 4.69) is 15.5 Å². The Balaban J connectivity index is 1.57. The van der Waals surface area contributed by atoms with Crippen LogP contribution >= 0.6 is 0 Å². The molecule has 1 amide bonds. The summed E-state index contributed by atoms with van der Waals surface area (Å²) in [7, 11) is 0. The number of anilines is 1. The van der Waals surface area contributed by atoms with Gasteiger partial charge in [0.05, 0.1) is 0 Å². The van der Waals surface area contributed by atoms with E-state index in [1.807, 2.05) is 0 Å². The zero-order valence-electron chi connectivity index (χ0n) is 11.9. The highest BCUT2D eigenvalue weighted by Gasteiger charge is 2.08. The second-order valence-electron chi connectivity index (χ2n) is 4.59. The first-order valence-corrected chi connectivity index (χ1v) is 6.76. The van der Waals surface area contributed by atoms with E-state index in [9.17, 15) is 9.18 Å². The Kier molecular flexibility index (Phi) is 4.28. The number of carbonyl (C=O) groups excluding carboxylic acids is 1. The fourth-order valence-electron chi connectivity index (χ4n) is 1.90. The Labute approximate surface area is 130 Å². The minimum absolute atomic E-state index is 0.0365. The quantitative estimate of drug-likeness (QED) is 0.783. The second-order valence-corrected chi connectivity index (χ2v) is 4.59. The van der Waals surface area contributed by atoms with Crippen molar-refractivity contribution in [3.8, 4) is 17.2 Å². The summed E-state index contributed by atoms with van der Waals surface area (Å²) in [5.41, 5.74) is 1.32. The molecule has 6 nitrogen and oxygen atoms in total. The zero-order valence-corrected chi connectivity index (χ0v) is 11.9. The Hall–Kier alpha value is -3.22. The fraction of sp³-hybridized carbons (Fsp3) is 0.0625. The van der Waals surface area contributed by atoms with Crippen LogP contribution in [-0.2, 0) is 4.79 Å². The Morgan fingerprint density at radius 2 is 1.96 bits per heavy atom. The molecule has 2 aromatic carbocycles. The molecule has 0 atom stereocenters. The third-order valence-electron chi connectivity index (χ3n) is 2.97. The molecule has 0 aliphatic carbocycles. The Morgan fingerprint density at radius 3 is 2.65 bits per heavy atom. The van der Waals surface area contributed by atoms with E-state index in [4.69, 9.17) is 9.15 Å². The van der Waals surface area contributed by atoms with Crippen molar-refractivity contribution in [2.75, 3.05) is 11.9 Å². The molecule has 1 N–H and O–H groups in total. The number of carbonyl (C=O) groups is 1. The number of para-hydroxylation sites is 1. The first-order chi connectivity index (χ1) is 11.2. The van der Waals surface area contributed by atoms with Crippen molar-refractivity contribution in [3.05, 3.63) is 60.7 Å². The molecule has 116 valence electrons. The summed E-state index contributed by atoms with van der Waals surface area (Å²) in [4.78, 5) is 11.8. The molecule has 23 heavy (non-hydrogen) atoms. The number of halogens is 1. The minimum atomic E-state index is -0.510. The molecule has 1 heterocycles. The summed E-state index contributed by atoms with van der Waals surface area (Å²) < 4.78 is 23.6. The van der Waals surface area contributed by atoms with Crippen LogP contribution in [0.5, 0.6) is 5.75 Å². The number of benzene rings is 2. The summed E-state index contributed by atoms with van der Waals surface area (Å²) in [5.74, 6) is -0.469. The highest BCUT2D eigenvalue weighted by molar-refractivity contribution is 5.92. The third kappa shape index (κ3) is 3.70. The zero-order chi connectivity index (χ0) is 16.1. The van der Waals surface area contributed by atoms with Gasteiger partial charge in [-0.05, 0) is 36.4 Å². The number of nitrogens with one attached hydrogen (secondary N) is 1. The van der Waals surface area contributed by atoms with Crippen LogP contribution in [0.2, 0.25) is 0 Å². The van der Waals surface area contributed by atoms with E-state index < -0.39 is 11.7 Å². The van der Waals surface area contributed by atoms with Gasteiger partial charge in [-0.1, -0.05) is 12.1 Å². The lowest BCUT2D eigenvalue weighted by molar-refractivity contribution is -0.118. The summed E-state index contributed by atoms with van der Waals surface area (Å²) in [6.45, 7) is -0.285. The van der Waals surface area contributed by atoms with Crippen LogP contribution < -0.4 is 10.1 Å². The lowest BCUT2D eigenvalue weighted by Gasteiger charge is -2.08. The van der Waals surface area contributed by atoms with Crippen LogP contribution in [0.4, 0.5) is 10.1 Å². The normalized spacial score (nSPS) is 10.3. The first kappa shape index (κ1) is 14.7. The average molecular weight is 313 g/mol. The highest BCUT2D eigenvalue weighted by atomic mass is 19.1. The maximum Gasteiger partial charge on any atom is 0.262 e. The van der Waals surface area contributed by atoms with Gasteiger partial charge >= 0.3 is 0 Å². The van der Waals surface area contributed by atoms with Gasteiger partial charge in [-0.3, -0.25) is 4.79 Å². The van der Waals surface area contributed by atoms with Crippen LogP contribution in [0.15, 0.2) is 59.3 Å². The number of rotatable bonds is 5. The van der Waals surface area contributed by atoms with Crippen LogP contribution in [0.3, 0.4) is 0 Å². The molecule has 3 aromatic rings. The third-order valence-corrected chi connectivity index (χ3v) is 2.97. The van der Waals surface area contributed by atoms with Gasteiger partial charge in [0.1, 0.15) is 0 Å². The van der Waals surface area contributed by atoms with Gasteiger partial charge in [0.25, 0.3) is 5.91 Å². The minimum Gasteiger partial charge on any atom is -0.481 e. The van der Waals surface area contributed by atoms with Gasteiger partial charge in [-0.15, -0.1) is 10.2 Å². The van der Waals surface area contributed by atoms with Crippen LogP contribution in [-0.4, -0.2) is 22.7 Å². The number of ether oxygens (including phenoxy) is 1. The maximum atomic E-state index is 13.4. The van der Waals surface area contributed by atoms with Crippen LogP contribution in [0.25, 0.3) is 11.5 Å². The van der Waals surface area contributed by atoms with E-state index in [1.165, 1.54) is 18.5 Å². The van der Waals surface area contributed by atoms with E-state index in [1.54, 1.807) is 36.4 Å². The summed E-state index contributed by atoms with van der Waals surface area (Å²) >= 11 is 0. The van der Waals surface area contributed by atoms with Crippen molar-refractivity contribution < 1.29 is 18.3 Å². The van der Waals surface area contributed by atoms with Gasteiger partial charge in [-0.2, -0.15) is 0 Å². The number of hydrogen-bond acceptors (Lipinski definition) is 5. The molecule has 0 fully saturated rings. The molecule has 0 bridgehead atoms. The largest absolute Gasteiger partial charge is 0.481 e. The summed E-state index contributed by atoms with van der Waals surface area (Å²) in [6.07, 6.45) is 1.24. The van der Waals surface area contributed by atoms with Crippen LogP contribution in [0.1, 0.15) is 0 Å². The van der Waals surface area contributed by atoms with Crippen molar-refractivity contribution in [3.63, 3.8) is 0 Å². The molecule has 0 unspecified atom stereocenters. The maximum absolute atomic E-state index is 13.4. The predicted molar refractivity (Wildman–Crippen MR) is 80.3 cm³/mol. The number of amides is 1. The second kappa shape index (κ2) is 6.69. The van der Waals surface area contributed by atoms with E-state index in [0.29, 0.717) is 11.6 Å². The van der Waals surface area contributed by atoms with Crippen molar-refractivity contribution in [2.24, 2.45) is 0 Å². The fourth-order valence-corrected chi connectivity index (χ4v) is 1.90. The molecule has 0 saturated carbocycles. The standard InChI is InChI=1S/C16H12FN3O3/c17-13-3-1-2-4-14(13)22-9-15(21)19-12-7-5-11(6-8-12)16-20-18-10-23-16/h1-8,10H,9H2,(H,19,21). The monoisotopic (exact) mass is 313 g/mol. The molecule has 3 rings (SSSR count). The molecular formula is C16H12FN3O3. The lowest BCUT2D eigenvalue weighted by Crippen LogP contribution is -2.20. The van der Waals surface area contributed by atoms with Gasteiger partial charge in [0.15, 0.2) is 18.2 Å². The highest BCUT2D eigenvalue weighted by Crippen LogP contribution is 2.19. The van der Waals surface area contributed by atoms with Gasteiger partial charge in [0.2, 0.25) is 12.3 Å². The van der Waals surface area contributed by atoms with E-state index >= 15 is 0 Å². The van der Waals surface area contributed by atoms with Crippen LogP contribution in [0, 0.1) is 5.82 Å². The Bertz CT molecular complexity index is 789. The molecule has 0 aliphatic rings. The summed E-state index contributed by atoms with van der Waals surface area (Å²) in [5, 5.41) is 10.0. The number of nitrogens with zero attached hydrogens (tertiary/aromatic N) is 2. The first-order valence-electron chi connectivity index (χ1n) is 6.76. The van der Waals surface area contributed by atoms with Crippen molar-refractivity contribution in [1.29, 1.82) is 0 Å². The van der Waals surface area contributed by atoms with Crippen molar-refractivity contribution >= 4 is 11.6 Å². The number of hydrogen-bond donors (Lipinski definition) is 1. The number of aromatic nitrogens is 2. The average Bonchev–Trinajstić information content (AvgIpc) is 3.09. The van der Waals surface area contributed by atoms with E-state index in [0.717, 1.165) is 5.56 Å². The molecule has 0 aliphatic heterocycles. The van der Waals surface area contributed by atoms with Crippen molar-refractivity contribution in [1.82, 2.24) is 10.2 Å². The molecular weight excluding hydrogens is 301 g/mol. The smallest absolute Gasteiger partial charge is 0.262 e. The van der Waals surface area contributed by atoms with Crippen molar-refractivity contribution in [2.45, 2.75) is 0 Å². The van der Waals surface area contributed by atoms with Gasteiger partial charge in [0, 0.05) is 11.3 Å². The molecule has 0 saturated heterocycles. The van der Waals surface area contributed by atoms with E-state index in [-0.39, 0.29) is 12.4 Å².